The monoisotopic (exact) mass is 248 g/mol. The van der Waals surface area contributed by atoms with Crippen LogP contribution in [0.25, 0.3) is 0 Å². The predicted octanol–water partition coefficient (Wildman–Crippen LogP) is 1.11. The summed E-state index contributed by atoms with van der Waals surface area (Å²) in [4.78, 5) is 11.1. The van der Waals surface area contributed by atoms with Gasteiger partial charge in [0.1, 0.15) is 0 Å². The van der Waals surface area contributed by atoms with Crippen molar-refractivity contribution >= 4 is 16.8 Å². The lowest BCUT2D eigenvalue weighted by Gasteiger charge is -2.12. The Labute approximate surface area is 99.1 Å². The maximum absolute atomic E-state index is 11.8. The highest BCUT2D eigenvalue weighted by molar-refractivity contribution is 7.85. The molecular weight excluding hydrogens is 228 g/mol. The topological polar surface area (TPSA) is 52.6 Å². The summed E-state index contributed by atoms with van der Waals surface area (Å²) in [7, 11) is 0.348. The highest BCUT2D eigenvalue weighted by Crippen LogP contribution is 2.20. The molecule has 0 amide bonds. The van der Waals surface area contributed by atoms with Gasteiger partial charge in [-0.05, 0) is 19.8 Å². The lowest BCUT2D eigenvalue weighted by Crippen LogP contribution is -2.25. The zero-order chi connectivity index (χ0) is 12.1. The van der Waals surface area contributed by atoms with Gasteiger partial charge >= 0.3 is 5.97 Å². The van der Waals surface area contributed by atoms with Gasteiger partial charge in [0.25, 0.3) is 0 Å². The minimum Gasteiger partial charge on any atom is -0.469 e. The number of ether oxygens (including phenoxy) is 2. The minimum atomic E-state index is -1.00. The van der Waals surface area contributed by atoms with Crippen molar-refractivity contribution in [1.82, 2.24) is 0 Å². The van der Waals surface area contributed by atoms with Gasteiger partial charge in [-0.3, -0.25) is 9.00 Å². The Balaban J connectivity index is 2.28. The molecule has 0 N–H and O–H groups in total. The molecule has 1 saturated heterocycles. The van der Waals surface area contributed by atoms with Gasteiger partial charge in [-0.1, -0.05) is 6.92 Å². The molecule has 5 heteroatoms. The minimum absolute atomic E-state index is 0.0979. The maximum atomic E-state index is 11.8. The van der Waals surface area contributed by atoms with Crippen molar-refractivity contribution in [3.63, 3.8) is 0 Å². The number of hydrogen-bond donors (Lipinski definition) is 0. The van der Waals surface area contributed by atoms with Crippen LogP contribution in [-0.2, 0) is 25.1 Å². The Bertz CT molecular complexity index is 267. The van der Waals surface area contributed by atoms with E-state index in [0.29, 0.717) is 11.5 Å². The van der Waals surface area contributed by atoms with Gasteiger partial charge in [-0.15, -0.1) is 0 Å². The molecule has 1 rings (SSSR count). The van der Waals surface area contributed by atoms with Crippen LogP contribution in [-0.4, -0.2) is 41.0 Å². The molecule has 4 unspecified atom stereocenters. The Morgan fingerprint density at radius 1 is 1.56 bits per heavy atom. The lowest BCUT2D eigenvalue weighted by molar-refractivity contribution is -0.144. The molecule has 4 atom stereocenters. The van der Waals surface area contributed by atoms with E-state index in [2.05, 4.69) is 4.74 Å². The molecule has 0 aromatic carbocycles. The van der Waals surface area contributed by atoms with E-state index >= 15 is 0 Å². The van der Waals surface area contributed by atoms with Crippen LogP contribution >= 0.6 is 0 Å². The summed E-state index contributed by atoms with van der Waals surface area (Å²) in [5.74, 6) is 0.297. The van der Waals surface area contributed by atoms with Gasteiger partial charge < -0.3 is 9.47 Å². The highest BCUT2D eigenvalue weighted by atomic mass is 32.2. The Kier molecular flexibility index (Phi) is 5.41. The number of rotatable bonds is 5. The third-order valence-electron chi connectivity index (χ3n) is 2.73. The maximum Gasteiger partial charge on any atom is 0.309 e. The zero-order valence-corrected chi connectivity index (χ0v) is 10.9. The van der Waals surface area contributed by atoms with Crippen molar-refractivity contribution < 1.29 is 18.5 Å². The van der Waals surface area contributed by atoms with E-state index in [1.54, 1.807) is 6.92 Å². The fourth-order valence-electron chi connectivity index (χ4n) is 1.83. The molecule has 1 heterocycles. The van der Waals surface area contributed by atoms with Gasteiger partial charge in [0.2, 0.25) is 0 Å². The molecule has 0 aromatic heterocycles. The molecule has 4 nitrogen and oxygen atoms in total. The molecule has 0 saturated carbocycles. The van der Waals surface area contributed by atoms with E-state index in [4.69, 9.17) is 4.74 Å². The van der Waals surface area contributed by atoms with Crippen LogP contribution in [0.3, 0.4) is 0 Å². The SMILES string of the molecule is COC(=O)C(C)CS(=O)CC1CCC(C)O1. The Morgan fingerprint density at radius 2 is 2.25 bits per heavy atom. The van der Waals surface area contributed by atoms with Crippen molar-refractivity contribution in [3.8, 4) is 0 Å². The summed E-state index contributed by atoms with van der Waals surface area (Å²) in [6.45, 7) is 3.77. The summed E-state index contributed by atoms with van der Waals surface area (Å²) < 4.78 is 21.9. The summed E-state index contributed by atoms with van der Waals surface area (Å²) in [6.07, 6.45) is 2.38. The van der Waals surface area contributed by atoms with Crippen LogP contribution in [0, 0.1) is 5.92 Å². The summed E-state index contributed by atoms with van der Waals surface area (Å²) in [5.41, 5.74) is 0. The van der Waals surface area contributed by atoms with E-state index in [1.165, 1.54) is 7.11 Å². The molecule has 0 bridgehead atoms. The van der Waals surface area contributed by atoms with Crippen LogP contribution in [0.2, 0.25) is 0 Å². The third-order valence-corrected chi connectivity index (χ3v) is 4.35. The second-order valence-corrected chi connectivity index (χ2v) is 5.89. The molecule has 0 spiro atoms. The smallest absolute Gasteiger partial charge is 0.309 e. The van der Waals surface area contributed by atoms with Crippen molar-refractivity contribution in [2.75, 3.05) is 18.6 Å². The van der Waals surface area contributed by atoms with E-state index in [0.717, 1.165) is 12.8 Å². The van der Waals surface area contributed by atoms with Crippen LogP contribution in [0.1, 0.15) is 26.7 Å². The Hall–Kier alpha value is -0.420. The molecule has 94 valence electrons. The predicted molar refractivity (Wildman–Crippen MR) is 62.6 cm³/mol. The lowest BCUT2D eigenvalue weighted by atomic mass is 10.2. The van der Waals surface area contributed by atoms with Crippen LogP contribution < -0.4 is 0 Å². The molecule has 1 aliphatic rings. The Morgan fingerprint density at radius 3 is 2.75 bits per heavy atom. The van der Waals surface area contributed by atoms with Gasteiger partial charge in [0.15, 0.2) is 0 Å². The molecular formula is C11H20O4S. The summed E-state index contributed by atoms with van der Waals surface area (Å²) >= 11 is 0. The summed E-state index contributed by atoms with van der Waals surface area (Å²) in [5, 5.41) is 0. The fraction of sp³-hybridized carbons (Fsp3) is 0.909. The van der Waals surface area contributed by atoms with Gasteiger partial charge in [-0.25, -0.2) is 0 Å². The standard InChI is InChI=1S/C11H20O4S/c1-8(11(12)14-3)6-16(13)7-10-5-4-9(2)15-10/h8-10H,4-7H2,1-3H3. The first-order chi connectivity index (χ1) is 7.52. The van der Waals surface area contributed by atoms with Crippen molar-refractivity contribution in [1.29, 1.82) is 0 Å². The highest BCUT2D eigenvalue weighted by Gasteiger charge is 2.25. The molecule has 1 aliphatic heterocycles. The summed E-state index contributed by atoms with van der Waals surface area (Å²) in [6, 6.07) is 0. The first-order valence-electron chi connectivity index (χ1n) is 5.61. The van der Waals surface area contributed by atoms with Gasteiger partial charge in [0.05, 0.1) is 25.2 Å². The van der Waals surface area contributed by atoms with Crippen molar-refractivity contribution in [2.45, 2.75) is 38.9 Å². The first kappa shape index (κ1) is 13.6. The van der Waals surface area contributed by atoms with Gasteiger partial charge in [0, 0.05) is 22.3 Å². The zero-order valence-electron chi connectivity index (χ0n) is 10.1. The van der Waals surface area contributed by atoms with E-state index in [9.17, 15) is 9.00 Å². The molecule has 1 fully saturated rings. The van der Waals surface area contributed by atoms with Crippen molar-refractivity contribution in [3.05, 3.63) is 0 Å². The second-order valence-electron chi connectivity index (χ2n) is 4.34. The van der Waals surface area contributed by atoms with Gasteiger partial charge in [-0.2, -0.15) is 0 Å². The third kappa shape index (κ3) is 4.22. The number of esters is 1. The van der Waals surface area contributed by atoms with E-state index in [-0.39, 0.29) is 24.1 Å². The van der Waals surface area contributed by atoms with Crippen LogP contribution in [0.15, 0.2) is 0 Å². The number of hydrogen-bond acceptors (Lipinski definition) is 4. The number of carbonyl (C=O) groups excluding carboxylic acids is 1. The average molecular weight is 248 g/mol. The molecule has 0 aliphatic carbocycles. The molecule has 0 radical (unpaired) electrons. The van der Waals surface area contributed by atoms with Crippen molar-refractivity contribution in [2.24, 2.45) is 5.92 Å². The molecule has 0 aromatic rings. The first-order valence-corrected chi connectivity index (χ1v) is 7.10. The normalized spacial score (nSPS) is 28.7. The van der Waals surface area contributed by atoms with E-state index in [1.807, 2.05) is 6.92 Å². The van der Waals surface area contributed by atoms with Crippen LogP contribution in [0.4, 0.5) is 0 Å². The fourth-order valence-corrected chi connectivity index (χ4v) is 3.32. The van der Waals surface area contributed by atoms with Crippen LogP contribution in [0.5, 0.6) is 0 Å². The molecule has 16 heavy (non-hydrogen) atoms. The second kappa shape index (κ2) is 6.35. The quantitative estimate of drug-likeness (QED) is 0.684. The largest absolute Gasteiger partial charge is 0.469 e. The average Bonchev–Trinajstić information content (AvgIpc) is 2.62. The number of carbonyl (C=O) groups is 1. The number of methoxy groups -OCH3 is 1. The van der Waals surface area contributed by atoms with E-state index < -0.39 is 10.8 Å².